The summed E-state index contributed by atoms with van der Waals surface area (Å²) in [7, 11) is 1.85. The molecule has 2 heteroatoms. The minimum Gasteiger partial charge on any atom is -0.391 e. The second-order valence-electron chi connectivity index (χ2n) is 3.56. The third kappa shape index (κ3) is 3.56. The van der Waals surface area contributed by atoms with Crippen molar-refractivity contribution in [2.45, 2.75) is 27.7 Å². The van der Waals surface area contributed by atoms with Gasteiger partial charge in [-0.25, -0.2) is 0 Å². The lowest BCUT2D eigenvalue weighted by molar-refractivity contribution is -0.117. The fourth-order valence-electron chi connectivity index (χ4n) is 0.847. The Morgan fingerprint density at radius 1 is 1.17 bits per heavy atom. The summed E-state index contributed by atoms with van der Waals surface area (Å²) < 4.78 is 0. The standard InChI is InChI=1S/C10H19NO/c1-7(2)9(11-5)6-10(12)8(3)4/h6-8,11H,1-5H3/b9-6+. The molecule has 0 amide bonds. The van der Waals surface area contributed by atoms with E-state index in [1.807, 2.05) is 20.9 Å². The molecular weight excluding hydrogens is 150 g/mol. The van der Waals surface area contributed by atoms with E-state index >= 15 is 0 Å². The molecule has 0 rings (SSSR count). The number of carbonyl (C=O) groups is 1. The van der Waals surface area contributed by atoms with Gasteiger partial charge in [-0.3, -0.25) is 4.79 Å². The van der Waals surface area contributed by atoms with E-state index in [9.17, 15) is 4.79 Å². The van der Waals surface area contributed by atoms with Crippen LogP contribution >= 0.6 is 0 Å². The van der Waals surface area contributed by atoms with Crippen LogP contribution in [0.25, 0.3) is 0 Å². The van der Waals surface area contributed by atoms with Crippen LogP contribution in [-0.2, 0) is 4.79 Å². The molecule has 0 bridgehead atoms. The predicted molar refractivity (Wildman–Crippen MR) is 51.8 cm³/mol. The number of hydrogen-bond donors (Lipinski definition) is 1. The second-order valence-corrected chi connectivity index (χ2v) is 3.56. The molecule has 0 aromatic rings. The monoisotopic (exact) mass is 169 g/mol. The lowest BCUT2D eigenvalue weighted by atomic mass is 10.0. The van der Waals surface area contributed by atoms with Crippen molar-refractivity contribution in [2.75, 3.05) is 7.05 Å². The molecule has 0 saturated carbocycles. The Hall–Kier alpha value is -0.790. The molecule has 0 aliphatic heterocycles. The molecule has 0 atom stereocenters. The predicted octanol–water partition coefficient (Wildman–Crippen LogP) is 1.97. The summed E-state index contributed by atoms with van der Waals surface area (Å²) in [4.78, 5) is 11.3. The number of rotatable bonds is 4. The molecule has 0 spiro atoms. The van der Waals surface area contributed by atoms with Crippen molar-refractivity contribution < 1.29 is 4.79 Å². The Kier molecular flexibility index (Phi) is 4.64. The normalized spacial score (nSPS) is 12.4. The SMILES string of the molecule is CN/C(=C/C(=O)C(C)C)C(C)C. The van der Waals surface area contributed by atoms with Gasteiger partial charge >= 0.3 is 0 Å². The molecule has 0 aliphatic rings. The van der Waals surface area contributed by atoms with Crippen molar-refractivity contribution >= 4 is 5.78 Å². The highest BCUT2D eigenvalue weighted by molar-refractivity contribution is 5.91. The molecule has 70 valence electrons. The molecule has 1 N–H and O–H groups in total. The zero-order chi connectivity index (χ0) is 9.72. The summed E-state index contributed by atoms with van der Waals surface area (Å²) in [5.74, 6) is 0.665. The Morgan fingerprint density at radius 2 is 1.67 bits per heavy atom. The molecule has 0 aromatic carbocycles. The van der Waals surface area contributed by atoms with E-state index in [1.54, 1.807) is 6.08 Å². The maximum absolute atomic E-state index is 11.3. The molecule has 0 saturated heterocycles. The summed E-state index contributed by atoms with van der Waals surface area (Å²) in [6, 6.07) is 0. The molecule has 0 fully saturated rings. The van der Waals surface area contributed by atoms with Gasteiger partial charge < -0.3 is 5.32 Å². The largest absolute Gasteiger partial charge is 0.391 e. The molecule has 0 radical (unpaired) electrons. The smallest absolute Gasteiger partial charge is 0.159 e. The van der Waals surface area contributed by atoms with Crippen LogP contribution in [0.15, 0.2) is 11.8 Å². The number of hydrogen-bond acceptors (Lipinski definition) is 2. The van der Waals surface area contributed by atoms with Gasteiger partial charge in [-0.2, -0.15) is 0 Å². The highest BCUT2D eigenvalue weighted by Crippen LogP contribution is 2.07. The summed E-state index contributed by atoms with van der Waals surface area (Å²) in [6.07, 6.45) is 1.70. The van der Waals surface area contributed by atoms with Gasteiger partial charge in [0.2, 0.25) is 0 Å². The maximum Gasteiger partial charge on any atom is 0.159 e. The molecule has 0 aromatic heterocycles. The van der Waals surface area contributed by atoms with Crippen molar-refractivity contribution in [1.29, 1.82) is 0 Å². The molecule has 0 aliphatic carbocycles. The Bertz CT molecular complexity index is 180. The highest BCUT2D eigenvalue weighted by atomic mass is 16.1. The lowest BCUT2D eigenvalue weighted by Crippen LogP contribution is -2.15. The minimum atomic E-state index is 0.0899. The van der Waals surface area contributed by atoms with E-state index in [1.165, 1.54) is 0 Å². The first kappa shape index (κ1) is 11.2. The van der Waals surface area contributed by atoms with Gasteiger partial charge in [0.1, 0.15) is 0 Å². The van der Waals surface area contributed by atoms with Crippen LogP contribution in [0.4, 0.5) is 0 Å². The van der Waals surface area contributed by atoms with Crippen molar-refractivity contribution in [1.82, 2.24) is 5.32 Å². The third-order valence-corrected chi connectivity index (χ3v) is 1.78. The van der Waals surface area contributed by atoms with E-state index in [0.29, 0.717) is 5.92 Å². The molecular formula is C10H19NO. The minimum absolute atomic E-state index is 0.0899. The zero-order valence-corrected chi connectivity index (χ0v) is 8.64. The van der Waals surface area contributed by atoms with Crippen LogP contribution in [0.2, 0.25) is 0 Å². The first-order valence-electron chi connectivity index (χ1n) is 4.42. The van der Waals surface area contributed by atoms with Crippen molar-refractivity contribution in [3.8, 4) is 0 Å². The summed E-state index contributed by atoms with van der Waals surface area (Å²) >= 11 is 0. The molecule has 0 unspecified atom stereocenters. The van der Waals surface area contributed by atoms with E-state index in [2.05, 4.69) is 19.2 Å². The van der Waals surface area contributed by atoms with Crippen LogP contribution in [0.5, 0.6) is 0 Å². The summed E-state index contributed by atoms with van der Waals surface area (Å²) in [5.41, 5.74) is 1.01. The Morgan fingerprint density at radius 3 is 1.92 bits per heavy atom. The fraction of sp³-hybridized carbons (Fsp3) is 0.700. The Balaban J connectivity index is 4.38. The van der Waals surface area contributed by atoms with Gasteiger partial charge in [0.05, 0.1) is 0 Å². The highest BCUT2D eigenvalue weighted by Gasteiger charge is 2.07. The van der Waals surface area contributed by atoms with Crippen LogP contribution in [0.1, 0.15) is 27.7 Å². The summed E-state index contributed by atoms with van der Waals surface area (Å²) in [5, 5.41) is 3.03. The average molecular weight is 169 g/mol. The molecule has 12 heavy (non-hydrogen) atoms. The summed E-state index contributed by atoms with van der Waals surface area (Å²) in [6.45, 7) is 7.95. The first-order chi connectivity index (χ1) is 5.49. The van der Waals surface area contributed by atoms with Gasteiger partial charge in [0, 0.05) is 24.7 Å². The van der Waals surface area contributed by atoms with E-state index in [0.717, 1.165) is 5.70 Å². The van der Waals surface area contributed by atoms with Crippen LogP contribution in [0, 0.1) is 11.8 Å². The molecule has 2 nitrogen and oxygen atoms in total. The fourth-order valence-corrected chi connectivity index (χ4v) is 0.847. The average Bonchev–Trinajstić information content (AvgIpc) is 1.98. The quantitative estimate of drug-likeness (QED) is 0.652. The van der Waals surface area contributed by atoms with Gasteiger partial charge in [0.25, 0.3) is 0 Å². The number of allylic oxidation sites excluding steroid dienone is 2. The van der Waals surface area contributed by atoms with Crippen molar-refractivity contribution in [3.05, 3.63) is 11.8 Å². The van der Waals surface area contributed by atoms with Gasteiger partial charge in [0.15, 0.2) is 5.78 Å². The number of ketones is 1. The Labute approximate surface area is 75.0 Å². The lowest BCUT2D eigenvalue weighted by Gasteiger charge is -2.10. The van der Waals surface area contributed by atoms with E-state index in [-0.39, 0.29) is 11.7 Å². The maximum atomic E-state index is 11.3. The van der Waals surface area contributed by atoms with Crippen LogP contribution in [0.3, 0.4) is 0 Å². The van der Waals surface area contributed by atoms with E-state index < -0.39 is 0 Å². The van der Waals surface area contributed by atoms with Gasteiger partial charge in [-0.1, -0.05) is 27.7 Å². The van der Waals surface area contributed by atoms with Gasteiger partial charge in [-0.05, 0) is 5.92 Å². The number of nitrogens with one attached hydrogen (secondary N) is 1. The van der Waals surface area contributed by atoms with E-state index in [4.69, 9.17) is 0 Å². The zero-order valence-electron chi connectivity index (χ0n) is 8.64. The first-order valence-corrected chi connectivity index (χ1v) is 4.42. The van der Waals surface area contributed by atoms with Gasteiger partial charge in [-0.15, -0.1) is 0 Å². The number of carbonyl (C=O) groups excluding carboxylic acids is 1. The van der Waals surface area contributed by atoms with Crippen molar-refractivity contribution in [3.63, 3.8) is 0 Å². The second kappa shape index (κ2) is 4.96. The third-order valence-electron chi connectivity index (χ3n) is 1.78. The molecule has 0 heterocycles. The van der Waals surface area contributed by atoms with Crippen molar-refractivity contribution in [2.24, 2.45) is 11.8 Å². The van der Waals surface area contributed by atoms with Crippen LogP contribution in [-0.4, -0.2) is 12.8 Å². The topological polar surface area (TPSA) is 29.1 Å². The van der Waals surface area contributed by atoms with Crippen LogP contribution < -0.4 is 5.32 Å².